The lowest BCUT2D eigenvalue weighted by atomic mass is 9.99. The monoisotopic (exact) mass is 290 g/mol. The van der Waals surface area contributed by atoms with Gasteiger partial charge in [-0.15, -0.1) is 0 Å². The fraction of sp³-hybridized carbons (Fsp3) is 0.611. The molecule has 1 aromatic rings. The normalized spacial score (nSPS) is 12.2. The Morgan fingerprint density at radius 2 is 1.90 bits per heavy atom. The summed E-state index contributed by atoms with van der Waals surface area (Å²) in [5.74, 6) is 0.604. The van der Waals surface area contributed by atoms with Crippen molar-refractivity contribution in [1.82, 2.24) is 5.32 Å². The first kappa shape index (κ1) is 17.5. The van der Waals surface area contributed by atoms with E-state index in [-0.39, 0.29) is 5.91 Å². The van der Waals surface area contributed by atoms with E-state index >= 15 is 0 Å². The molecule has 0 fully saturated rings. The molecule has 0 radical (unpaired) electrons. The van der Waals surface area contributed by atoms with Gasteiger partial charge in [-0.05, 0) is 38.3 Å². The average molecular weight is 290 g/mol. The van der Waals surface area contributed by atoms with Crippen LogP contribution in [0.2, 0.25) is 0 Å². The molecule has 0 saturated heterocycles. The van der Waals surface area contributed by atoms with Crippen LogP contribution >= 0.6 is 0 Å². The molecular formula is C18H30N2O. The molecule has 1 unspecified atom stereocenters. The SMILES string of the molecule is CCCCC(CC)CNC(=O)c1ccccc1NC(C)C. The molecule has 118 valence electrons. The zero-order chi connectivity index (χ0) is 15.7. The molecule has 0 aromatic heterocycles. The van der Waals surface area contributed by atoms with Crippen molar-refractivity contribution in [1.29, 1.82) is 0 Å². The van der Waals surface area contributed by atoms with E-state index in [1.807, 2.05) is 24.3 Å². The quantitative estimate of drug-likeness (QED) is 0.705. The van der Waals surface area contributed by atoms with E-state index in [1.165, 1.54) is 19.3 Å². The zero-order valence-electron chi connectivity index (χ0n) is 13.9. The summed E-state index contributed by atoms with van der Waals surface area (Å²) in [5.41, 5.74) is 1.64. The number of anilines is 1. The molecule has 0 aliphatic carbocycles. The maximum absolute atomic E-state index is 12.4. The van der Waals surface area contributed by atoms with Gasteiger partial charge in [-0.2, -0.15) is 0 Å². The maximum Gasteiger partial charge on any atom is 0.253 e. The van der Waals surface area contributed by atoms with Crippen LogP contribution in [-0.4, -0.2) is 18.5 Å². The topological polar surface area (TPSA) is 41.1 Å². The number of benzene rings is 1. The molecule has 1 amide bonds. The number of carbonyl (C=O) groups excluding carboxylic acids is 1. The second-order valence-electron chi connectivity index (χ2n) is 5.97. The van der Waals surface area contributed by atoms with Gasteiger partial charge >= 0.3 is 0 Å². The first-order chi connectivity index (χ1) is 10.1. The molecule has 0 spiro atoms. The standard InChI is InChI=1S/C18H30N2O/c1-5-7-10-15(6-2)13-19-18(21)16-11-8-9-12-17(16)20-14(3)4/h8-9,11-12,14-15,20H,5-7,10,13H2,1-4H3,(H,19,21). The van der Waals surface area contributed by atoms with Gasteiger partial charge in [0.15, 0.2) is 0 Å². The molecule has 1 rings (SSSR count). The minimum absolute atomic E-state index is 0.0219. The van der Waals surface area contributed by atoms with Crippen molar-refractivity contribution in [3.8, 4) is 0 Å². The van der Waals surface area contributed by atoms with E-state index < -0.39 is 0 Å². The lowest BCUT2D eigenvalue weighted by Gasteiger charge is -2.17. The third-order valence-corrected chi connectivity index (χ3v) is 3.71. The molecule has 3 heteroatoms. The molecular weight excluding hydrogens is 260 g/mol. The van der Waals surface area contributed by atoms with Crippen molar-refractivity contribution in [2.24, 2.45) is 5.92 Å². The molecule has 0 heterocycles. The van der Waals surface area contributed by atoms with Gasteiger partial charge in [0.05, 0.1) is 5.56 Å². The van der Waals surface area contributed by atoms with Crippen molar-refractivity contribution < 1.29 is 4.79 Å². The summed E-state index contributed by atoms with van der Waals surface area (Å²) < 4.78 is 0. The molecule has 0 saturated carbocycles. The summed E-state index contributed by atoms with van der Waals surface area (Å²) >= 11 is 0. The lowest BCUT2D eigenvalue weighted by Crippen LogP contribution is -2.30. The summed E-state index contributed by atoms with van der Waals surface area (Å²) in [6.07, 6.45) is 4.76. The van der Waals surface area contributed by atoms with Crippen LogP contribution in [0.25, 0.3) is 0 Å². The minimum atomic E-state index is 0.0219. The van der Waals surface area contributed by atoms with Gasteiger partial charge in [-0.25, -0.2) is 0 Å². The Morgan fingerprint density at radius 1 is 1.19 bits per heavy atom. The van der Waals surface area contributed by atoms with Crippen LogP contribution in [0.3, 0.4) is 0 Å². The van der Waals surface area contributed by atoms with Crippen LogP contribution in [0.1, 0.15) is 63.7 Å². The van der Waals surface area contributed by atoms with Gasteiger partial charge in [-0.3, -0.25) is 4.79 Å². The first-order valence-electron chi connectivity index (χ1n) is 8.22. The van der Waals surface area contributed by atoms with E-state index in [1.54, 1.807) is 0 Å². The van der Waals surface area contributed by atoms with Crippen molar-refractivity contribution >= 4 is 11.6 Å². The Morgan fingerprint density at radius 3 is 2.52 bits per heavy atom. The van der Waals surface area contributed by atoms with Gasteiger partial charge in [-0.1, -0.05) is 45.2 Å². The van der Waals surface area contributed by atoms with Crippen LogP contribution in [-0.2, 0) is 0 Å². The zero-order valence-corrected chi connectivity index (χ0v) is 13.9. The van der Waals surface area contributed by atoms with Crippen molar-refractivity contribution in [3.05, 3.63) is 29.8 Å². The third-order valence-electron chi connectivity index (χ3n) is 3.71. The summed E-state index contributed by atoms with van der Waals surface area (Å²) in [7, 11) is 0. The highest BCUT2D eigenvalue weighted by Crippen LogP contribution is 2.17. The summed E-state index contributed by atoms with van der Waals surface area (Å²) in [5, 5.41) is 6.42. The Kier molecular flexibility index (Phi) is 7.88. The largest absolute Gasteiger partial charge is 0.382 e. The number of rotatable bonds is 9. The molecule has 21 heavy (non-hydrogen) atoms. The Hall–Kier alpha value is -1.51. The molecule has 3 nitrogen and oxygen atoms in total. The van der Waals surface area contributed by atoms with E-state index in [0.717, 1.165) is 24.2 Å². The van der Waals surface area contributed by atoms with E-state index in [9.17, 15) is 4.79 Å². The lowest BCUT2D eigenvalue weighted by molar-refractivity contribution is 0.0946. The van der Waals surface area contributed by atoms with Crippen molar-refractivity contribution in [2.75, 3.05) is 11.9 Å². The molecule has 2 N–H and O–H groups in total. The van der Waals surface area contributed by atoms with Crippen LogP contribution < -0.4 is 10.6 Å². The van der Waals surface area contributed by atoms with Gasteiger partial charge < -0.3 is 10.6 Å². The molecule has 0 aliphatic rings. The predicted octanol–water partition coefficient (Wildman–Crippen LogP) is 4.45. The maximum atomic E-state index is 12.4. The number of amides is 1. The second kappa shape index (κ2) is 9.43. The highest BCUT2D eigenvalue weighted by atomic mass is 16.1. The van der Waals surface area contributed by atoms with Gasteiger partial charge in [0.1, 0.15) is 0 Å². The number of para-hydroxylation sites is 1. The van der Waals surface area contributed by atoms with Crippen LogP contribution in [0.15, 0.2) is 24.3 Å². The molecule has 0 aliphatic heterocycles. The number of nitrogens with one attached hydrogen (secondary N) is 2. The van der Waals surface area contributed by atoms with Gasteiger partial charge in [0.2, 0.25) is 0 Å². The second-order valence-corrected chi connectivity index (χ2v) is 5.97. The Labute approximate surface area is 129 Å². The predicted molar refractivity (Wildman–Crippen MR) is 90.8 cm³/mol. The average Bonchev–Trinajstić information content (AvgIpc) is 2.47. The fourth-order valence-electron chi connectivity index (χ4n) is 2.39. The van der Waals surface area contributed by atoms with Crippen LogP contribution in [0, 0.1) is 5.92 Å². The van der Waals surface area contributed by atoms with Crippen LogP contribution in [0.5, 0.6) is 0 Å². The summed E-state index contributed by atoms with van der Waals surface area (Å²) in [6.45, 7) is 9.32. The summed E-state index contributed by atoms with van der Waals surface area (Å²) in [6, 6.07) is 8.02. The molecule has 1 aromatic carbocycles. The number of carbonyl (C=O) groups is 1. The molecule has 0 bridgehead atoms. The van der Waals surface area contributed by atoms with E-state index in [4.69, 9.17) is 0 Å². The Bertz CT molecular complexity index is 429. The Balaban J connectivity index is 2.62. The van der Waals surface area contributed by atoms with Crippen LogP contribution in [0.4, 0.5) is 5.69 Å². The van der Waals surface area contributed by atoms with E-state index in [0.29, 0.717) is 12.0 Å². The van der Waals surface area contributed by atoms with Crippen molar-refractivity contribution in [2.45, 2.75) is 59.4 Å². The third kappa shape index (κ3) is 6.19. The minimum Gasteiger partial charge on any atom is -0.382 e. The smallest absolute Gasteiger partial charge is 0.253 e. The highest BCUT2D eigenvalue weighted by molar-refractivity contribution is 5.99. The first-order valence-corrected chi connectivity index (χ1v) is 8.22. The fourth-order valence-corrected chi connectivity index (χ4v) is 2.39. The van der Waals surface area contributed by atoms with Gasteiger partial charge in [0, 0.05) is 18.3 Å². The highest BCUT2D eigenvalue weighted by Gasteiger charge is 2.13. The van der Waals surface area contributed by atoms with Crippen molar-refractivity contribution in [3.63, 3.8) is 0 Å². The summed E-state index contributed by atoms with van der Waals surface area (Å²) in [4.78, 5) is 12.4. The number of unbranched alkanes of at least 4 members (excludes halogenated alkanes) is 1. The molecule has 1 atom stereocenters. The van der Waals surface area contributed by atoms with E-state index in [2.05, 4.69) is 38.3 Å². The number of hydrogen-bond donors (Lipinski definition) is 2. The van der Waals surface area contributed by atoms with Gasteiger partial charge in [0.25, 0.3) is 5.91 Å². The number of hydrogen-bond acceptors (Lipinski definition) is 2.